The first-order valence-electron chi connectivity index (χ1n) is 4.92. The van der Waals surface area contributed by atoms with Crippen molar-refractivity contribution in [1.82, 2.24) is 4.98 Å². The summed E-state index contributed by atoms with van der Waals surface area (Å²) in [6.07, 6.45) is -4.36. The molecule has 0 aliphatic carbocycles. The number of nitrogens with zero attached hydrogens (tertiary/aromatic N) is 1. The highest BCUT2D eigenvalue weighted by molar-refractivity contribution is 7.14. The van der Waals surface area contributed by atoms with Crippen LogP contribution in [0, 0.1) is 6.92 Å². The average molecular weight is 293 g/mol. The van der Waals surface area contributed by atoms with E-state index in [0.29, 0.717) is 16.0 Å². The lowest BCUT2D eigenvalue weighted by Gasteiger charge is -2.12. The molecule has 0 fully saturated rings. The van der Waals surface area contributed by atoms with Gasteiger partial charge in [0, 0.05) is 11.1 Å². The molecule has 0 aliphatic heterocycles. The molecule has 0 radical (unpaired) electrons. The fraction of sp³-hybridized carbons (Fsp3) is 0.182. The fourth-order valence-corrected chi connectivity index (χ4v) is 2.30. The number of hydrogen-bond donors (Lipinski definition) is 1. The van der Waals surface area contributed by atoms with E-state index < -0.39 is 11.7 Å². The van der Waals surface area contributed by atoms with Crippen LogP contribution in [-0.4, -0.2) is 4.98 Å². The quantitative estimate of drug-likeness (QED) is 0.854. The lowest BCUT2D eigenvalue weighted by atomic mass is 10.1. The number of hydrogen-bond acceptors (Lipinski definition) is 3. The van der Waals surface area contributed by atoms with Crippen LogP contribution in [0.3, 0.4) is 0 Å². The van der Waals surface area contributed by atoms with Crippen LogP contribution in [0.2, 0.25) is 5.15 Å². The number of anilines is 2. The van der Waals surface area contributed by atoms with Crippen molar-refractivity contribution in [3.63, 3.8) is 0 Å². The Bertz CT molecular complexity index is 566. The van der Waals surface area contributed by atoms with Crippen molar-refractivity contribution in [2.75, 3.05) is 5.32 Å². The number of rotatable bonds is 2. The second-order valence-electron chi connectivity index (χ2n) is 3.63. The Hall–Kier alpha value is -1.27. The monoisotopic (exact) mass is 292 g/mol. The first-order valence-corrected chi connectivity index (χ1v) is 6.18. The van der Waals surface area contributed by atoms with Gasteiger partial charge in [0.2, 0.25) is 0 Å². The Morgan fingerprint density at radius 3 is 2.61 bits per heavy atom. The van der Waals surface area contributed by atoms with Crippen molar-refractivity contribution in [3.05, 3.63) is 39.9 Å². The third-order valence-corrected chi connectivity index (χ3v) is 3.35. The molecule has 1 heterocycles. The third kappa shape index (κ3) is 2.94. The van der Waals surface area contributed by atoms with Crippen molar-refractivity contribution >= 4 is 33.8 Å². The van der Waals surface area contributed by atoms with Crippen LogP contribution >= 0.6 is 22.9 Å². The maximum atomic E-state index is 12.7. The third-order valence-electron chi connectivity index (χ3n) is 2.27. The van der Waals surface area contributed by atoms with Gasteiger partial charge in [-0.2, -0.15) is 13.2 Å². The molecule has 0 saturated carbocycles. The van der Waals surface area contributed by atoms with Gasteiger partial charge in [-0.05, 0) is 24.6 Å². The molecule has 0 atom stereocenters. The summed E-state index contributed by atoms with van der Waals surface area (Å²) in [6.45, 7) is 1.42. The number of alkyl halides is 3. The van der Waals surface area contributed by atoms with Gasteiger partial charge in [-0.25, -0.2) is 4.98 Å². The van der Waals surface area contributed by atoms with Crippen LogP contribution in [0.25, 0.3) is 0 Å². The first-order chi connectivity index (χ1) is 8.36. The minimum absolute atomic E-state index is 0.185. The van der Waals surface area contributed by atoms with Gasteiger partial charge in [0.05, 0.1) is 5.56 Å². The Morgan fingerprint density at radius 1 is 1.33 bits per heavy atom. The van der Waals surface area contributed by atoms with E-state index in [1.807, 2.05) is 0 Å². The highest BCUT2D eigenvalue weighted by atomic mass is 35.5. The largest absolute Gasteiger partial charge is 0.416 e. The second kappa shape index (κ2) is 4.78. The predicted molar refractivity (Wildman–Crippen MR) is 66.6 cm³/mol. The number of aryl methyl sites for hydroxylation is 1. The molecule has 0 saturated heterocycles. The standard InChI is InChI=1S/C11H8ClF3N2S/c1-6-2-3-7(4-8(6)11(13,14)15)16-10-17-9(12)5-18-10/h2-5H,1H3,(H,16,17). The van der Waals surface area contributed by atoms with E-state index >= 15 is 0 Å². The summed E-state index contributed by atoms with van der Waals surface area (Å²) in [5.74, 6) is 0. The molecule has 0 unspecified atom stereocenters. The maximum Gasteiger partial charge on any atom is 0.416 e. The van der Waals surface area contributed by atoms with E-state index in [-0.39, 0.29) is 5.56 Å². The van der Waals surface area contributed by atoms with E-state index in [1.54, 1.807) is 11.4 Å². The molecule has 0 amide bonds. The summed E-state index contributed by atoms with van der Waals surface area (Å²) in [6, 6.07) is 4.05. The summed E-state index contributed by atoms with van der Waals surface area (Å²) < 4.78 is 38.1. The van der Waals surface area contributed by atoms with Crippen molar-refractivity contribution in [3.8, 4) is 0 Å². The first kappa shape index (κ1) is 13.2. The molecule has 96 valence electrons. The van der Waals surface area contributed by atoms with Crippen LogP contribution in [-0.2, 0) is 6.18 Å². The minimum Gasteiger partial charge on any atom is -0.331 e. The molecule has 2 aromatic rings. The molecule has 18 heavy (non-hydrogen) atoms. The van der Waals surface area contributed by atoms with Crippen LogP contribution in [0.4, 0.5) is 24.0 Å². The van der Waals surface area contributed by atoms with E-state index in [4.69, 9.17) is 11.6 Å². The Morgan fingerprint density at radius 2 is 2.06 bits per heavy atom. The predicted octanol–water partition coefficient (Wildman–Crippen LogP) is 4.87. The maximum absolute atomic E-state index is 12.7. The average Bonchev–Trinajstić information content (AvgIpc) is 2.65. The molecule has 0 spiro atoms. The normalized spacial score (nSPS) is 11.6. The molecule has 2 rings (SSSR count). The number of aromatic nitrogens is 1. The van der Waals surface area contributed by atoms with Gasteiger partial charge >= 0.3 is 6.18 Å². The lowest BCUT2D eigenvalue weighted by Crippen LogP contribution is -2.08. The zero-order valence-corrected chi connectivity index (χ0v) is 10.7. The summed E-state index contributed by atoms with van der Waals surface area (Å²) >= 11 is 6.86. The van der Waals surface area contributed by atoms with Gasteiger partial charge in [-0.3, -0.25) is 0 Å². The molecule has 1 aromatic heterocycles. The molecule has 1 aromatic carbocycles. The number of thiazole rings is 1. The summed E-state index contributed by atoms with van der Waals surface area (Å²) in [7, 11) is 0. The van der Waals surface area contributed by atoms with E-state index in [1.165, 1.54) is 24.3 Å². The van der Waals surface area contributed by atoms with Crippen molar-refractivity contribution in [2.24, 2.45) is 0 Å². The molecular weight excluding hydrogens is 285 g/mol. The Kier molecular flexibility index (Phi) is 3.49. The topological polar surface area (TPSA) is 24.9 Å². The van der Waals surface area contributed by atoms with Crippen molar-refractivity contribution in [2.45, 2.75) is 13.1 Å². The lowest BCUT2D eigenvalue weighted by molar-refractivity contribution is -0.138. The molecule has 1 N–H and O–H groups in total. The summed E-state index contributed by atoms with van der Waals surface area (Å²) in [5, 5.41) is 5.15. The van der Waals surface area contributed by atoms with Crippen molar-refractivity contribution in [1.29, 1.82) is 0 Å². The van der Waals surface area contributed by atoms with Gasteiger partial charge in [-0.1, -0.05) is 17.7 Å². The van der Waals surface area contributed by atoms with Gasteiger partial charge in [-0.15, -0.1) is 11.3 Å². The highest BCUT2D eigenvalue weighted by Crippen LogP contribution is 2.34. The summed E-state index contributed by atoms with van der Waals surface area (Å²) in [4.78, 5) is 3.91. The second-order valence-corrected chi connectivity index (χ2v) is 4.87. The van der Waals surface area contributed by atoms with Crippen molar-refractivity contribution < 1.29 is 13.2 Å². The van der Waals surface area contributed by atoms with E-state index in [2.05, 4.69) is 10.3 Å². The molecule has 2 nitrogen and oxygen atoms in total. The van der Waals surface area contributed by atoms with E-state index in [9.17, 15) is 13.2 Å². The van der Waals surface area contributed by atoms with Gasteiger partial charge < -0.3 is 5.32 Å². The molecule has 7 heteroatoms. The number of nitrogens with one attached hydrogen (secondary N) is 1. The van der Waals surface area contributed by atoms with Gasteiger partial charge in [0.15, 0.2) is 5.13 Å². The minimum atomic E-state index is -4.36. The SMILES string of the molecule is Cc1ccc(Nc2nc(Cl)cs2)cc1C(F)(F)F. The number of halogens is 4. The van der Waals surface area contributed by atoms with Gasteiger partial charge in [0.25, 0.3) is 0 Å². The van der Waals surface area contributed by atoms with Crippen LogP contribution in [0.1, 0.15) is 11.1 Å². The smallest absolute Gasteiger partial charge is 0.331 e. The summed E-state index contributed by atoms with van der Waals surface area (Å²) in [5.41, 5.74) is -0.140. The van der Waals surface area contributed by atoms with Crippen LogP contribution in [0.5, 0.6) is 0 Å². The Balaban J connectivity index is 2.30. The fourth-order valence-electron chi connectivity index (χ4n) is 1.44. The van der Waals surface area contributed by atoms with Crippen LogP contribution < -0.4 is 5.32 Å². The van der Waals surface area contributed by atoms with E-state index in [0.717, 1.165) is 6.07 Å². The molecule has 0 bridgehead atoms. The Labute approximate surface area is 110 Å². The van der Waals surface area contributed by atoms with Crippen LogP contribution in [0.15, 0.2) is 23.6 Å². The molecular formula is C11H8ClF3N2S. The zero-order valence-electron chi connectivity index (χ0n) is 9.18. The number of benzene rings is 1. The van der Waals surface area contributed by atoms with Gasteiger partial charge in [0.1, 0.15) is 5.15 Å². The molecule has 0 aliphatic rings. The zero-order chi connectivity index (χ0) is 13.3. The highest BCUT2D eigenvalue weighted by Gasteiger charge is 2.32.